The van der Waals surface area contributed by atoms with Crippen LogP contribution in [0.1, 0.15) is 0 Å². The molecule has 1 amide bonds. The number of nitrogens with one attached hydrogen (secondary N) is 2. The van der Waals surface area contributed by atoms with Crippen molar-refractivity contribution < 1.29 is 13.9 Å². The molecule has 102 valence electrons. The molecule has 1 heterocycles. The van der Waals surface area contributed by atoms with E-state index in [2.05, 4.69) is 10.6 Å². The van der Waals surface area contributed by atoms with Gasteiger partial charge in [0.25, 0.3) is 5.91 Å². The van der Waals surface area contributed by atoms with Crippen LogP contribution in [0, 0.1) is 17.7 Å². The van der Waals surface area contributed by atoms with Crippen LogP contribution in [0.2, 0.25) is 5.02 Å². The Morgan fingerprint density at radius 2 is 2.21 bits per heavy atom. The second kappa shape index (κ2) is 4.98. The van der Waals surface area contributed by atoms with Gasteiger partial charge in [-0.1, -0.05) is 11.6 Å². The maximum atomic E-state index is 13.2. The second-order valence-corrected chi connectivity index (χ2v) is 5.35. The zero-order valence-electron chi connectivity index (χ0n) is 10.2. The third-order valence-corrected chi connectivity index (χ3v) is 3.99. The monoisotopic (exact) mass is 284 g/mol. The number of fused-ring (bicyclic) bond motifs is 1. The second-order valence-electron chi connectivity index (χ2n) is 4.94. The number of hydrogen-bond donors (Lipinski definition) is 2. The average Bonchev–Trinajstić information content (AvgIpc) is 2.84. The fourth-order valence-electron chi connectivity index (χ4n) is 2.58. The van der Waals surface area contributed by atoms with Crippen LogP contribution in [-0.4, -0.2) is 31.6 Å². The Labute approximate surface area is 115 Å². The van der Waals surface area contributed by atoms with Crippen molar-refractivity contribution in [2.75, 3.05) is 19.7 Å². The summed E-state index contributed by atoms with van der Waals surface area (Å²) < 4.78 is 18.4. The smallest absolute Gasteiger partial charge is 0.258 e. The van der Waals surface area contributed by atoms with E-state index in [1.807, 2.05) is 0 Å². The Hall–Kier alpha value is -1.33. The Kier molecular flexibility index (Phi) is 3.33. The van der Waals surface area contributed by atoms with Gasteiger partial charge in [0.1, 0.15) is 11.6 Å². The number of piperidine rings is 1. The molecule has 2 fully saturated rings. The maximum absolute atomic E-state index is 13.2. The number of hydrogen-bond acceptors (Lipinski definition) is 3. The molecular formula is C13H14ClFN2O2. The maximum Gasteiger partial charge on any atom is 0.258 e. The molecule has 1 aromatic rings. The first-order valence-electron chi connectivity index (χ1n) is 6.23. The van der Waals surface area contributed by atoms with E-state index in [4.69, 9.17) is 16.3 Å². The SMILES string of the molecule is O=C(COc1ccc(Cl)c(F)c1)N[C@@H]1[C@@H]2CNC[C@@H]21. The van der Waals surface area contributed by atoms with Crippen molar-refractivity contribution in [1.82, 2.24) is 10.6 Å². The molecule has 19 heavy (non-hydrogen) atoms. The Morgan fingerprint density at radius 1 is 1.47 bits per heavy atom. The van der Waals surface area contributed by atoms with Gasteiger partial charge >= 0.3 is 0 Å². The molecule has 0 spiro atoms. The third kappa shape index (κ3) is 2.67. The summed E-state index contributed by atoms with van der Waals surface area (Å²) in [5.74, 6) is 0.709. The van der Waals surface area contributed by atoms with Gasteiger partial charge in [0, 0.05) is 25.2 Å². The number of carbonyl (C=O) groups is 1. The summed E-state index contributed by atoms with van der Waals surface area (Å²) in [5.41, 5.74) is 0. The number of amides is 1. The quantitative estimate of drug-likeness (QED) is 0.873. The van der Waals surface area contributed by atoms with Crippen molar-refractivity contribution >= 4 is 17.5 Å². The van der Waals surface area contributed by atoms with Crippen molar-refractivity contribution in [2.24, 2.45) is 11.8 Å². The topological polar surface area (TPSA) is 50.4 Å². The summed E-state index contributed by atoms with van der Waals surface area (Å²) in [6.45, 7) is 1.84. The molecule has 4 nitrogen and oxygen atoms in total. The van der Waals surface area contributed by atoms with Gasteiger partial charge in [0.15, 0.2) is 6.61 Å². The third-order valence-electron chi connectivity index (χ3n) is 3.68. The molecular weight excluding hydrogens is 271 g/mol. The van der Waals surface area contributed by atoms with Gasteiger partial charge in [-0.3, -0.25) is 4.79 Å². The lowest BCUT2D eigenvalue weighted by Gasteiger charge is -2.09. The standard InChI is InChI=1S/C13H14ClFN2O2/c14-10-2-1-7(3-11(10)15)19-6-12(18)17-13-8-4-16-5-9(8)13/h1-3,8-9,13,16H,4-6H2,(H,17,18)/t8-,9+,13-. The molecule has 3 atom stereocenters. The summed E-state index contributed by atoms with van der Waals surface area (Å²) in [6.07, 6.45) is 0. The first kappa shape index (κ1) is 12.7. The highest BCUT2D eigenvalue weighted by Gasteiger charge is 2.53. The van der Waals surface area contributed by atoms with Crippen LogP contribution in [-0.2, 0) is 4.79 Å². The summed E-state index contributed by atoms with van der Waals surface area (Å²) >= 11 is 5.56. The number of halogens is 2. The highest BCUT2D eigenvalue weighted by atomic mass is 35.5. The van der Waals surface area contributed by atoms with Gasteiger partial charge in [-0.25, -0.2) is 4.39 Å². The van der Waals surface area contributed by atoms with Crippen molar-refractivity contribution in [1.29, 1.82) is 0 Å². The Morgan fingerprint density at radius 3 is 2.89 bits per heavy atom. The molecule has 0 unspecified atom stereocenters. The highest BCUT2D eigenvalue weighted by molar-refractivity contribution is 6.30. The minimum Gasteiger partial charge on any atom is -0.484 e. The molecule has 0 aromatic heterocycles. The molecule has 2 N–H and O–H groups in total. The van der Waals surface area contributed by atoms with Crippen LogP contribution in [0.5, 0.6) is 5.75 Å². The minimum atomic E-state index is -0.553. The highest BCUT2D eigenvalue weighted by Crippen LogP contribution is 2.41. The molecule has 3 rings (SSSR count). The van der Waals surface area contributed by atoms with Gasteiger partial charge < -0.3 is 15.4 Å². The van der Waals surface area contributed by atoms with Gasteiger partial charge in [-0.2, -0.15) is 0 Å². The summed E-state index contributed by atoms with van der Waals surface area (Å²) in [7, 11) is 0. The summed E-state index contributed by atoms with van der Waals surface area (Å²) in [6, 6.07) is 4.39. The molecule has 2 aliphatic rings. The zero-order chi connectivity index (χ0) is 13.4. The van der Waals surface area contributed by atoms with Gasteiger partial charge in [0.2, 0.25) is 0 Å². The van der Waals surface area contributed by atoms with Crippen molar-refractivity contribution in [2.45, 2.75) is 6.04 Å². The number of rotatable bonds is 4. The fraction of sp³-hybridized carbons (Fsp3) is 0.462. The van der Waals surface area contributed by atoms with E-state index in [0.717, 1.165) is 13.1 Å². The predicted octanol–water partition coefficient (Wildman–Crippen LogP) is 1.19. The number of carbonyl (C=O) groups excluding carboxylic acids is 1. The normalized spacial score (nSPS) is 27.8. The lowest BCUT2D eigenvalue weighted by molar-refractivity contribution is -0.123. The van der Waals surface area contributed by atoms with E-state index in [1.54, 1.807) is 0 Å². The first-order chi connectivity index (χ1) is 9.15. The van der Waals surface area contributed by atoms with Gasteiger partial charge in [-0.15, -0.1) is 0 Å². The zero-order valence-corrected chi connectivity index (χ0v) is 10.9. The molecule has 1 aliphatic carbocycles. The van der Waals surface area contributed by atoms with E-state index in [-0.39, 0.29) is 23.6 Å². The largest absolute Gasteiger partial charge is 0.484 e. The molecule has 1 saturated carbocycles. The predicted molar refractivity (Wildman–Crippen MR) is 68.7 cm³/mol. The molecule has 0 radical (unpaired) electrons. The lowest BCUT2D eigenvalue weighted by Crippen LogP contribution is -2.35. The average molecular weight is 285 g/mol. The van der Waals surface area contributed by atoms with Gasteiger partial charge in [0.05, 0.1) is 5.02 Å². The van der Waals surface area contributed by atoms with Crippen LogP contribution in [0.4, 0.5) is 4.39 Å². The first-order valence-corrected chi connectivity index (χ1v) is 6.61. The fourth-order valence-corrected chi connectivity index (χ4v) is 2.69. The molecule has 1 aliphatic heterocycles. The summed E-state index contributed by atoms with van der Waals surface area (Å²) in [4.78, 5) is 11.7. The van der Waals surface area contributed by atoms with Crippen LogP contribution in [0.15, 0.2) is 18.2 Å². The minimum absolute atomic E-state index is 0.0371. The molecule has 6 heteroatoms. The van der Waals surface area contributed by atoms with E-state index in [0.29, 0.717) is 17.6 Å². The molecule has 1 saturated heterocycles. The van der Waals surface area contributed by atoms with Crippen molar-refractivity contribution in [3.63, 3.8) is 0 Å². The molecule has 1 aromatic carbocycles. The van der Waals surface area contributed by atoms with Crippen LogP contribution >= 0.6 is 11.6 Å². The van der Waals surface area contributed by atoms with Crippen LogP contribution < -0.4 is 15.4 Å². The van der Waals surface area contributed by atoms with Gasteiger partial charge in [-0.05, 0) is 24.0 Å². The van der Waals surface area contributed by atoms with E-state index < -0.39 is 5.82 Å². The van der Waals surface area contributed by atoms with Crippen molar-refractivity contribution in [3.05, 3.63) is 29.0 Å². The van der Waals surface area contributed by atoms with Crippen LogP contribution in [0.25, 0.3) is 0 Å². The lowest BCUT2D eigenvalue weighted by atomic mass is 10.3. The van der Waals surface area contributed by atoms with E-state index >= 15 is 0 Å². The number of benzene rings is 1. The van der Waals surface area contributed by atoms with Crippen molar-refractivity contribution in [3.8, 4) is 5.75 Å². The summed E-state index contributed by atoms with van der Waals surface area (Å²) in [5, 5.41) is 6.22. The van der Waals surface area contributed by atoms with Crippen LogP contribution in [0.3, 0.4) is 0 Å². The Bertz CT molecular complexity index is 501. The Balaban J connectivity index is 1.46. The van der Waals surface area contributed by atoms with E-state index in [9.17, 15) is 9.18 Å². The number of ether oxygens (including phenoxy) is 1. The van der Waals surface area contributed by atoms with E-state index in [1.165, 1.54) is 18.2 Å². The molecule has 0 bridgehead atoms.